The Morgan fingerprint density at radius 1 is 1.29 bits per heavy atom. The normalized spacial score (nSPS) is 25.7. The molecule has 0 aromatic carbocycles. The number of hydrogen-bond donors (Lipinski definition) is 1. The number of nitrogens with zero attached hydrogens (tertiary/aromatic N) is 3. The van der Waals surface area contributed by atoms with Gasteiger partial charge in [0.15, 0.2) is 0 Å². The molecule has 2 aliphatic heterocycles. The molecule has 2 aliphatic rings. The number of fused-ring (bicyclic) bond motifs is 1. The van der Waals surface area contributed by atoms with E-state index in [4.69, 9.17) is 9.15 Å². The Kier molecular flexibility index (Phi) is 4.17. The van der Waals surface area contributed by atoms with Crippen molar-refractivity contribution in [3.63, 3.8) is 0 Å². The van der Waals surface area contributed by atoms with Crippen molar-refractivity contribution in [3.8, 4) is 0 Å². The first kappa shape index (κ1) is 15.1. The zero-order chi connectivity index (χ0) is 16.4. The number of anilines is 1. The summed E-state index contributed by atoms with van der Waals surface area (Å²) < 4.78 is 11.3. The molecule has 4 rings (SSSR count). The average Bonchev–Trinajstić information content (AvgIpc) is 3.30. The highest BCUT2D eigenvalue weighted by atomic mass is 16.5. The van der Waals surface area contributed by atoms with E-state index in [2.05, 4.69) is 20.2 Å². The second kappa shape index (κ2) is 6.60. The Hall–Kier alpha value is -2.41. The predicted molar refractivity (Wildman–Crippen MR) is 86.2 cm³/mol. The first-order chi connectivity index (χ1) is 11.8. The molecule has 7 nitrogen and oxygen atoms in total. The Balaban J connectivity index is 1.24. The maximum Gasteiger partial charge on any atom is 0.225 e. The second-order valence-corrected chi connectivity index (χ2v) is 6.31. The Morgan fingerprint density at radius 3 is 2.92 bits per heavy atom. The van der Waals surface area contributed by atoms with Crippen molar-refractivity contribution in [2.75, 3.05) is 18.0 Å². The summed E-state index contributed by atoms with van der Waals surface area (Å²) in [5, 5.41) is 2.87. The summed E-state index contributed by atoms with van der Waals surface area (Å²) >= 11 is 0. The maximum atomic E-state index is 12.0. The number of carbonyl (C=O) groups excluding carboxylic acids is 1. The summed E-state index contributed by atoms with van der Waals surface area (Å²) in [6.45, 7) is 2.10. The fourth-order valence-corrected chi connectivity index (χ4v) is 3.49. The van der Waals surface area contributed by atoms with Crippen LogP contribution in [-0.4, -0.2) is 41.2 Å². The summed E-state index contributed by atoms with van der Waals surface area (Å²) in [6.07, 6.45) is 6.57. The molecule has 2 saturated heterocycles. The van der Waals surface area contributed by atoms with Gasteiger partial charge in [0.2, 0.25) is 11.9 Å². The highest BCUT2D eigenvalue weighted by Crippen LogP contribution is 2.35. The number of furan rings is 1. The standard InChI is InChI=1S/C17H20N4O3/c22-16(20-9-13-3-1-6-23-13)8-14-7-12-10-21(11-15(12)24-14)17-18-4-2-5-19-17/h1-6,12,14-15H,7-11H2,(H,20,22)/t12-,14-,15+/m0/s1. The van der Waals surface area contributed by atoms with Crippen molar-refractivity contribution in [2.45, 2.75) is 31.6 Å². The predicted octanol–water partition coefficient (Wildman–Crippen LogP) is 1.37. The highest BCUT2D eigenvalue weighted by molar-refractivity contribution is 5.76. The van der Waals surface area contributed by atoms with Crippen LogP contribution in [0.15, 0.2) is 41.3 Å². The van der Waals surface area contributed by atoms with Crippen molar-refractivity contribution in [2.24, 2.45) is 5.92 Å². The monoisotopic (exact) mass is 328 g/mol. The van der Waals surface area contributed by atoms with Gasteiger partial charge < -0.3 is 19.4 Å². The van der Waals surface area contributed by atoms with Gasteiger partial charge in [-0.05, 0) is 24.6 Å². The van der Waals surface area contributed by atoms with Crippen LogP contribution in [0, 0.1) is 5.92 Å². The summed E-state index contributed by atoms with van der Waals surface area (Å²) in [5.41, 5.74) is 0. The van der Waals surface area contributed by atoms with Crippen LogP contribution in [0.2, 0.25) is 0 Å². The molecule has 0 radical (unpaired) electrons. The molecule has 126 valence electrons. The number of carbonyl (C=O) groups is 1. The molecule has 0 unspecified atom stereocenters. The Bertz CT molecular complexity index is 662. The van der Waals surface area contributed by atoms with Gasteiger partial charge in [0.25, 0.3) is 0 Å². The number of ether oxygens (including phenoxy) is 1. The molecule has 0 bridgehead atoms. The molecule has 2 aromatic heterocycles. The van der Waals surface area contributed by atoms with Crippen LogP contribution in [0.25, 0.3) is 0 Å². The Morgan fingerprint density at radius 2 is 2.17 bits per heavy atom. The number of rotatable bonds is 5. The van der Waals surface area contributed by atoms with Crippen molar-refractivity contribution >= 4 is 11.9 Å². The maximum absolute atomic E-state index is 12.0. The molecule has 3 atom stereocenters. The zero-order valence-corrected chi connectivity index (χ0v) is 13.3. The van der Waals surface area contributed by atoms with E-state index in [1.807, 2.05) is 18.2 Å². The van der Waals surface area contributed by atoms with Crippen LogP contribution in [0.4, 0.5) is 5.95 Å². The van der Waals surface area contributed by atoms with Gasteiger partial charge in [-0.2, -0.15) is 0 Å². The SMILES string of the molecule is O=C(C[C@@H]1C[C@H]2CN(c3ncccn3)C[C@H]2O1)NCc1ccco1. The van der Waals surface area contributed by atoms with Gasteiger partial charge in [0.1, 0.15) is 5.76 Å². The number of amides is 1. The average molecular weight is 328 g/mol. The smallest absolute Gasteiger partial charge is 0.225 e. The minimum atomic E-state index is -0.00422. The van der Waals surface area contributed by atoms with Gasteiger partial charge >= 0.3 is 0 Å². The minimum absolute atomic E-state index is 0.000350. The van der Waals surface area contributed by atoms with Crippen LogP contribution in [-0.2, 0) is 16.1 Å². The first-order valence-electron chi connectivity index (χ1n) is 8.24. The van der Waals surface area contributed by atoms with Gasteiger partial charge in [-0.15, -0.1) is 0 Å². The van der Waals surface area contributed by atoms with Crippen LogP contribution < -0.4 is 10.2 Å². The molecule has 7 heteroatoms. The number of aromatic nitrogens is 2. The molecule has 1 N–H and O–H groups in total. The largest absolute Gasteiger partial charge is 0.467 e. The molecule has 2 fully saturated rings. The highest BCUT2D eigenvalue weighted by Gasteiger charge is 2.43. The third kappa shape index (κ3) is 3.26. The van der Waals surface area contributed by atoms with E-state index in [1.165, 1.54) is 0 Å². The van der Waals surface area contributed by atoms with E-state index < -0.39 is 0 Å². The van der Waals surface area contributed by atoms with Crippen LogP contribution >= 0.6 is 0 Å². The van der Waals surface area contributed by atoms with Gasteiger partial charge in [0.05, 0.1) is 31.4 Å². The lowest BCUT2D eigenvalue weighted by atomic mass is 10.0. The van der Waals surface area contributed by atoms with E-state index in [-0.39, 0.29) is 18.1 Å². The van der Waals surface area contributed by atoms with E-state index in [9.17, 15) is 4.79 Å². The lowest BCUT2D eigenvalue weighted by Crippen LogP contribution is -2.30. The zero-order valence-electron chi connectivity index (χ0n) is 13.3. The van der Waals surface area contributed by atoms with E-state index in [1.54, 1.807) is 18.7 Å². The molecule has 0 saturated carbocycles. The molecular formula is C17H20N4O3. The van der Waals surface area contributed by atoms with Gasteiger partial charge in [-0.25, -0.2) is 9.97 Å². The molecular weight excluding hydrogens is 308 g/mol. The van der Waals surface area contributed by atoms with Crippen LogP contribution in [0.5, 0.6) is 0 Å². The van der Waals surface area contributed by atoms with Crippen molar-refractivity contribution in [1.29, 1.82) is 0 Å². The molecule has 4 heterocycles. The topological polar surface area (TPSA) is 80.5 Å². The van der Waals surface area contributed by atoms with E-state index >= 15 is 0 Å². The quantitative estimate of drug-likeness (QED) is 0.893. The summed E-state index contributed by atoms with van der Waals surface area (Å²) in [4.78, 5) is 22.8. The van der Waals surface area contributed by atoms with Gasteiger partial charge in [-0.3, -0.25) is 4.79 Å². The summed E-state index contributed by atoms with van der Waals surface area (Å²) in [5.74, 6) is 1.95. The first-order valence-corrected chi connectivity index (χ1v) is 8.24. The molecule has 24 heavy (non-hydrogen) atoms. The van der Waals surface area contributed by atoms with E-state index in [0.29, 0.717) is 18.9 Å². The summed E-state index contributed by atoms with van der Waals surface area (Å²) in [7, 11) is 0. The molecule has 1 amide bonds. The van der Waals surface area contributed by atoms with Crippen molar-refractivity contribution in [1.82, 2.24) is 15.3 Å². The Labute approximate surface area is 140 Å². The van der Waals surface area contributed by atoms with E-state index in [0.717, 1.165) is 31.2 Å². The lowest BCUT2D eigenvalue weighted by molar-refractivity contribution is -0.123. The summed E-state index contributed by atoms with van der Waals surface area (Å²) in [6, 6.07) is 5.47. The third-order valence-electron chi connectivity index (χ3n) is 4.60. The fourth-order valence-electron chi connectivity index (χ4n) is 3.49. The van der Waals surface area contributed by atoms with Crippen LogP contribution in [0.3, 0.4) is 0 Å². The lowest BCUT2D eigenvalue weighted by Gasteiger charge is -2.18. The van der Waals surface area contributed by atoms with Crippen LogP contribution in [0.1, 0.15) is 18.6 Å². The fraction of sp³-hybridized carbons (Fsp3) is 0.471. The number of hydrogen-bond acceptors (Lipinski definition) is 6. The second-order valence-electron chi connectivity index (χ2n) is 6.31. The van der Waals surface area contributed by atoms with Gasteiger partial charge in [0, 0.05) is 31.4 Å². The molecule has 0 spiro atoms. The van der Waals surface area contributed by atoms with Gasteiger partial charge in [-0.1, -0.05) is 0 Å². The third-order valence-corrected chi connectivity index (χ3v) is 4.60. The molecule has 0 aliphatic carbocycles. The number of nitrogens with one attached hydrogen (secondary N) is 1. The van der Waals surface area contributed by atoms with Crippen molar-refractivity contribution < 1.29 is 13.9 Å². The minimum Gasteiger partial charge on any atom is -0.467 e. The molecule has 2 aromatic rings. The van der Waals surface area contributed by atoms with Crippen molar-refractivity contribution in [3.05, 3.63) is 42.6 Å².